The van der Waals surface area contributed by atoms with E-state index in [1.54, 1.807) is 12.1 Å². The van der Waals surface area contributed by atoms with Crippen molar-refractivity contribution in [2.75, 3.05) is 60.7 Å². The Labute approximate surface area is 208 Å². The average Bonchev–Trinajstić information content (AvgIpc) is 3.16. The number of aliphatic hydroxyl groups excluding tert-OH is 1. The average molecular weight is 501 g/mol. The first-order valence-corrected chi connectivity index (χ1v) is 11.5. The van der Waals surface area contributed by atoms with Gasteiger partial charge in [-0.15, -0.1) is 0 Å². The molecule has 1 N–H and O–H groups in total. The number of amides is 1. The maximum absolute atomic E-state index is 13.5. The highest BCUT2D eigenvalue weighted by Crippen LogP contribution is 2.45. The van der Waals surface area contributed by atoms with E-state index < -0.39 is 23.5 Å². The van der Waals surface area contributed by atoms with Crippen molar-refractivity contribution in [3.05, 3.63) is 58.9 Å². The zero-order valence-corrected chi connectivity index (χ0v) is 20.5. The summed E-state index contributed by atoms with van der Waals surface area (Å²) >= 11 is 0. The number of carbonyl (C=O) groups is 2. The lowest BCUT2D eigenvalue weighted by Gasteiger charge is -2.31. The first-order chi connectivity index (χ1) is 17.4. The molecule has 0 spiro atoms. The second-order valence-corrected chi connectivity index (χ2v) is 8.41. The molecule has 9 nitrogen and oxygen atoms in total. The molecule has 36 heavy (non-hydrogen) atoms. The molecule has 0 aliphatic carbocycles. The quantitative estimate of drug-likeness (QED) is 0.336. The van der Waals surface area contributed by atoms with Crippen LogP contribution in [0.1, 0.15) is 17.2 Å². The number of hydrogen-bond acceptors (Lipinski definition) is 8. The molecule has 2 aromatic rings. The van der Waals surface area contributed by atoms with E-state index in [4.69, 9.17) is 18.9 Å². The lowest BCUT2D eigenvalue weighted by Crippen LogP contribution is -2.42. The molecule has 2 aliphatic heterocycles. The van der Waals surface area contributed by atoms with Crippen molar-refractivity contribution in [3.8, 4) is 17.2 Å². The van der Waals surface area contributed by atoms with Gasteiger partial charge in [-0.1, -0.05) is 0 Å². The largest absolute Gasteiger partial charge is 0.507 e. The van der Waals surface area contributed by atoms with Gasteiger partial charge >= 0.3 is 0 Å². The van der Waals surface area contributed by atoms with Crippen LogP contribution in [-0.2, 0) is 14.3 Å². The minimum atomic E-state index is -0.926. The van der Waals surface area contributed by atoms with Crippen LogP contribution in [0, 0.1) is 5.82 Å². The van der Waals surface area contributed by atoms with E-state index in [1.165, 1.54) is 50.5 Å². The molecule has 2 fully saturated rings. The Kier molecular flexibility index (Phi) is 7.76. The van der Waals surface area contributed by atoms with Crippen LogP contribution in [-0.4, -0.2) is 87.3 Å². The summed E-state index contributed by atoms with van der Waals surface area (Å²) in [5, 5.41) is 11.2. The Balaban J connectivity index is 1.83. The third-order valence-electron chi connectivity index (χ3n) is 6.42. The maximum atomic E-state index is 13.5. The van der Waals surface area contributed by atoms with Crippen LogP contribution >= 0.6 is 0 Å². The zero-order chi connectivity index (χ0) is 25.8. The number of nitrogens with zero attached hydrogens (tertiary/aromatic N) is 2. The van der Waals surface area contributed by atoms with Gasteiger partial charge < -0.3 is 29.0 Å². The van der Waals surface area contributed by atoms with E-state index in [0.717, 1.165) is 0 Å². The Morgan fingerprint density at radius 3 is 2.17 bits per heavy atom. The summed E-state index contributed by atoms with van der Waals surface area (Å²) in [6, 6.07) is 7.45. The lowest BCUT2D eigenvalue weighted by atomic mass is 9.94. The van der Waals surface area contributed by atoms with Crippen molar-refractivity contribution < 1.29 is 38.0 Å². The van der Waals surface area contributed by atoms with E-state index in [2.05, 4.69) is 4.90 Å². The van der Waals surface area contributed by atoms with E-state index >= 15 is 0 Å². The summed E-state index contributed by atoms with van der Waals surface area (Å²) in [5.41, 5.74) is 0.622. The molecular formula is C26H29FN2O7. The third kappa shape index (κ3) is 4.87. The van der Waals surface area contributed by atoms with Crippen molar-refractivity contribution in [2.24, 2.45) is 0 Å². The summed E-state index contributed by atoms with van der Waals surface area (Å²) in [4.78, 5) is 30.1. The zero-order valence-electron chi connectivity index (χ0n) is 20.5. The number of methoxy groups -OCH3 is 3. The molecule has 10 heteroatoms. The molecule has 0 aromatic heterocycles. The van der Waals surface area contributed by atoms with Crippen LogP contribution in [0.3, 0.4) is 0 Å². The van der Waals surface area contributed by atoms with Gasteiger partial charge in [0.2, 0.25) is 5.75 Å². The minimum Gasteiger partial charge on any atom is -0.507 e. The number of Topliss-reactive ketones (excluding diaryl/α,β-unsaturated/α-hetero) is 1. The standard InChI is InChI=1S/C26H29FN2O7/c1-33-19-14-17(15-20(34-2)25(19)35-3)22-21(23(30)16-4-6-18(27)7-5-16)24(31)26(32)29(22)9-8-28-10-12-36-13-11-28/h4-7,14-15,22,30H,8-13H2,1-3H3/b23-21+/t22-/m0/s1. The van der Waals surface area contributed by atoms with Crippen molar-refractivity contribution in [1.82, 2.24) is 9.80 Å². The molecular weight excluding hydrogens is 471 g/mol. The molecule has 1 atom stereocenters. The fourth-order valence-corrected chi connectivity index (χ4v) is 4.55. The number of ether oxygens (including phenoxy) is 4. The van der Waals surface area contributed by atoms with Crippen molar-refractivity contribution in [3.63, 3.8) is 0 Å². The molecule has 0 radical (unpaired) electrons. The number of benzene rings is 2. The minimum absolute atomic E-state index is 0.0946. The normalized spacial score (nSPS) is 20.0. The fourth-order valence-electron chi connectivity index (χ4n) is 4.55. The van der Waals surface area contributed by atoms with Crippen LogP contribution in [0.25, 0.3) is 5.76 Å². The summed E-state index contributed by atoms with van der Waals surface area (Å²) in [6.07, 6.45) is 0. The molecule has 2 aromatic carbocycles. The monoisotopic (exact) mass is 500 g/mol. The van der Waals surface area contributed by atoms with Gasteiger partial charge in [0.15, 0.2) is 11.5 Å². The van der Waals surface area contributed by atoms with Gasteiger partial charge in [0, 0.05) is 31.7 Å². The predicted octanol–water partition coefficient (Wildman–Crippen LogP) is 2.61. The molecule has 2 saturated heterocycles. The first kappa shape index (κ1) is 25.5. The van der Waals surface area contributed by atoms with E-state index in [0.29, 0.717) is 55.7 Å². The van der Waals surface area contributed by atoms with Crippen molar-refractivity contribution >= 4 is 17.4 Å². The highest BCUT2D eigenvalue weighted by molar-refractivity contribution is 6.46. The SMILES string of the molecule is COc1cc([C@H]2/C(=C(\O)c3ccc(F)cc3)C(=O)C(=O)N2CCN2CCOCC2)cc(OC)c1OC. The molecule has 0 bridgehead atoms. The van der Waals surface area contributed by atoms with Gasteiger partial charge in [-0.3, -0.25) is 14.5 Å². The number of rotatable bonds is 8. The van der Waals surface area contributed by atoms with Gasteiger partial charge in [-0.2, -0.15) is 0 Å². The van der Waals surface area contributed by atoms with Gasteiger partial charge in [0.05, 0.1) is 46.2 Å². The van der Waals surface area contributed by atoms with E-state index in [1.807, 2.05) is 0 Å². The molecule has 2 heterocycles. The van der Waals surface area contributed by atoms with Crippen molar-refractivity contribution in [2.45, 2.75) is 6.04 Å². The molecule has 4 rings (SSSR count). The van der Waals surface area contributed by atoms with Crippen LogP contribution in [0.5, 0.6) is 17.2 Å². The van der Waals surface area contributed by atoms with E-state index in [-0.39, 0.29) is 23.4 Å². The number of carbonyl (C=O) groups excluding carboxylic acids is 2. The summed E-state index contributed by atoms with van der Waals surface area (Å²) in [5.74, 6) is -1.39. The third-order valence-corrected chi connectivity index (χ3v) is 6.42. The topological polar surface area (TPSA) is 97.8 Å². The van der Waals surface area contributed by atoms with Crippen LogP contribution < -0.4 is 14.2 Å². The molecule has 2 aliphatic rings. The van der Waals surface area contributed by atoms with E-state index in [9.17, 15) is 19.1 Å². The number of halogens is 1. The van der Waals surface area contributed by atoms with Crippen LogP contribution in [0.4, 0.5) is 4.39 Å². The Bertz CT molecular complexity index is 1130. The predicted molar refractivity (Wildman–Crippen MR) is 129 cm³/mol. The summed E-state index contributed by atoms with van der Waals surface area (Å²) < 4.78 is 35.3. The van der Waals surface area contributed by atoms with Gasteiger partial charge in [-0.25, -0.2) is 4.39 Å². The number of ketones is 1. The molecule has 0 unspecified atom stereocenters. The second kappa shape index (κ2) is 11.0. The van der Waals surface area contributed by atoms with Crippen LogP contribution in [0.2, 0.25) is 0 Å². The molecule has 1 amide bonds. The smallest absolute Gasteiger partial charge is 0.295 e. The Morgan fingerprint density at radius 2 is 1.61 bits per heavy atom. The number of aliphatic hydroxyl groups is 1. The maximum Gasteiger partial charge on any atom is 0.295 e. The second-order valence-electron chi connectivity index (χ2n) is 8.41. The number of likely N-dealkylation sites (tertiary alicyclic amines) is 1. The summed E-state index contributed by atoms with van der Waals surface area (Å²) in [6.45, 7) is 3.39. The Hall–Kier alpha value is -3.63. The van der Waals surface area contributed by atoms with Gasteiger partial charge in [0.25, 0.3) is 11.7 Å². The van der Waals surface area contributed by atoms with Gasteiger partial charge in [-0.05, 0) is 42.0 Å². The molecule has 0 saturated carbocycles. The highest BCUT2D eigenvalue weighted by atomic mass is 19.1. The fraction of sp³-hybridized carbons (Fsp3) is 0.385. The number of hydrogen-bond donors (Lipinski definition) is 1. The first-order valence-electron chi connectivity index (χ1n) is 11.5. The Morgan fingerprint density at radius 1 is 1.00 bits per heavy atom. The lowest BCUT2D eigenvalue weighted by molar-refractivity contribution is -0.140. The van der Waals surface area contributed by atoms with Crippen molar-refractivity contribution in [1.29, 1.82) is 0 Å². The number of morpholine rings is 1. The molecule has 192 valence electrons. The van der Waals surface area contributed by atoms with Crippen LogP contribution in [0.15, 0.2) is 42.0 Å². The van der Waals surface area contributed by atoms with Gasteiger partial charge in [0.1, 0.15) is 11.6 Å². The highest BCUT2D eigenvalue weighted by Gasteiger charge is 2.46. The summed E-state index contributed by atoms with van der Waals surface area (Å²) in [7, 11) is 4.41.